The Labute approximate surface area is 228 Å². The summed E-state index contributed by atoms with van der Waals surface area (Å²) < 4.78 is 5.87. The summed E-state index contributed by atoms with van der Waals surface area (Å²) in [6.07, 6.45) is 3.39. The van der Waals surface area contributed by atoms with Crippen LogP contribution in [-0.4, -0.2) is 23.8 Å². The van der Waals surface area contributed by atoms with Gasteiger partial charge in [0, 0.05) is 5.56 Å². The average Bonchev–Trinajstić information content (AvgIpc) is 2.99. The van der Waals surface area contributed by atoms with E-state index < -0.39 is 0 Å². The Kier molecular flexibility index (Phi) is 8.42. The molecule has 0 heterocycles. The summed E-state index contributed by atoms with van der Waals surface area (Å²) in [4.78, 5) is 0. The van der Waals surface area contributed by atoms with Gasteiger partial charge < -0.3 is 9.94 Å². The third-order valence-corrected chi connectivity index (χ3v) is 8.41. The highest BCUT2D eigenvalue weighted by Gasteiger charge is 2.36. The number of ether oxygens (including phenoxy) is 1. The minimum absolute atomic E-state index is 0.298. The highest BCUT2D eigenvalue weighted by Crippen LogP contribution is 2.48. The van der Waals surface area contributed by atoms with Gasteiger partial charge in [0.15, 0.2) is 0 Å². The van der Waals surface area contributed by atoms with E-state index in [2.05, 4.69) is 96.2 Å². The average molecular weight is 518 g/mol. The molecule has 0 saturated heterocycles. The first-order valence-electron chi connectivity index (χ1n) is 13.0. The van der Waals surface area contributed by atoms with Gasteiger partial charge in [-0.25, -0.2) is 0 Å². The lowest BCUT2D eigenvalue weighted by Crippen LogP contribution is -2.26. The number of hydrogen-bond donors (Lipinski definition) is 1. The summed E-state index contributed by atoms with van der Waals surface area (Å²) >= 11 is 1.98. The van der Waals surface area contributed by atoms with Crippen LogP contribution >= 0.6 is 11.8 Å². The molecule has 190 valence electrons. The number of unbranched alkanes of at least 4 members (excludes halogenated alkanes) is 1. The van der Waals surface area contributed by atoms with Gasteiger partial charge in [-0.3, -0.25) is 0 Å². The molecule has 0 saturated carbocycles. The molecular formula is C34H31NO2S. The Morgan fingerprint density at radius 2 is 1.21 bits per heavy atom. The van der Waals surface area contributed by atoms with Crippen LogP contribution in [-0.2, 0) is 4.75 Å². The second-order valence-corrected chi connectivity index (χ2v) is 10.4. The predicted octanol–water partition coefficient (Wildman–Crippen LogP) is 8.53. The van der Waals surface area contributed by atoms with Gasteiger partial charge >= 0.3 is 0 Å². The lowest BCUT2D eigenvalue weighted by atomic mass is 9.84. The smallest absolute Gasteiger partial charge is 0.128 e. The molecule has 0 fully saturated rings. The lowest BCUT2D eigenvalue weighted by molar-refractivity contribution is 0.308. The van der Waals surface area contributed by atoms with Crippen LogP contribution in [0.1, 0.15) is 35.1 Å². The third kappa shape index (κ3) is 5.46. The van der Waals surface area contributed by atoms with Gasteiger partial charge in [0.1, 0.15) is 5.75 Å². The minimum Gasteiger partial charge on any atom is -0.493 e. The van der Waals surface area contributed by atoms with Crippen molar-refractivity contribution in [2.75, 3.05) is 12.4 Å². The predicted molar refractivity (Wildman–Crippen MR) is 160 cm³/mol. The Morgan fingerprint density at radius 1 is 0.658 bits per heavy atom. The van der Waals surface area contributed by atoms with Crippen LogP contribution in [0.5, 0.6) is 5.75 Å². The zero-order valence-electron chi connectivity index (χ0n) is 21.2. The van der Waals surface area contributed by atoms with E-state index in [-0.39, 0.29) is 4.75 Å². The molecule has 1 N–H and O–H groups in total. The summed E-state index contributed by atoms with van der Waals surface area (Å²) in [5.41, 5.74) is 4.64. The van der Waals surface area contributed by atoms with Gasteiger partial charge in [-0.1, -0.05) is 126 Å². The molecule has 0 amide bonds. The first kappa shape index (κ1) is 25.6. The van der Waals surface area contributed by atoms with Crippen molar-refractivity contribution in [2.45, 2.75) is 17.6 Å². The van der Waals surface area contributed by atoms with Gasteiger partial charge in [-0.2, -0.15) is 0 Å². The summed E-state index contributed by atoms with van der Waals surface area (Å²) in [7, 11) is 0. The fourth-order valence-corrected chi connectivity index (χ4v) is 6.54. The molecule has 0 radical (unpaired) electrons. The number of rotatable bonds is 11. The number of benzene rings is 5. The Balaban J connectivity index is 1.32. The molecule has 0 unspecified atom stereocenters. The first-order valence-corrected chi connectivity index (χ1v) is 13.9. The van der Waals surface area contributed by atoms with E-state index >= 15 is 0 Å². The maximum absolute atomic E-state index is 9.21. The number of oxime groups is 1. The van der Waals surface area contributed by atoms with Crippen LogP contribution in [0.4, 0.5) is 0 Å². The Morgan fingerprint density at radius 3 is 1.79 bits per heavy atom. The number of hydrogen-bond acceptors (Lipinski definition) is 4. The van der Waals surface area contributed by atoms with E-state index in [0.717, 1.165) is 40.7 Å². The molecule has 5 aromatic rings. The van der Waals surface area contributed by atoms with Crippen molar-refractivity contribution < 1.29 is 9.94 Å². The van der Waals surface area contributed by atoms with Gasteiger partial charge in [0.2, 0.25) is 0 Å². The molecule has 38 heavy (non-hydrogen) atoms. The maximum Gasteiger partial charge on any atom is 0.128 e. The minimum atomic E-state index is -0.298. The Bertz CT molecular complexity index is 1370. The SMILES string of the molecule is ON=Cc1c(OCCCCSC(c2ccccc2)(c2ccccc2)c2ccccc2)ccc2ccccc12. The van der Waals surface area contributed by atoms with Crippen molar-refractivity contribution in [3.63, 3.8) is 0 Å². The van der Waals surface area contributed by atoms with Crippen molar-refractivity contribution in [3.05, 3.63) is 150 Å². The quantitative estimate of drug-likeness (QED) is 0.0627. The van der Waals surface area contributed by atoms with Crippen LogP contribution < -0.4 is 4.74 Å². The summed E-state index contributed by atoms with van der Waals surface area (Å²) in [5, 5.41) is 14.6. The van der Waals surface area contributed by atoms with Gasteiger partial charge in [-0.05, 0) is 52.1 Å². The highest BCUT2D eigenvalue weighted by atomic mass is 32.2. The molecule has 0 spiro atoms. The molecule has 5 rings (SSSR count). The summed E-state index contributed by atoms with van der Waals surface area (Å²) in [5.74, 6) is 1.71. The molecule has 5 aromatic carbocycles. The van der Waals surface area contributed by atoms with Crippen molar-refractivity contribution >= 4 is 28.7 Å². The van der Waals surface area contributed by atoms with Crippen LogP contribution in [0, 0.1) is 0 Å². The van der Waals surface area contributed by atoms with Crippen molar-refractivity contribution in [2.24, 2.45) is 5.16 Å². The van der Waals surface area contributed by atoms with Crippen molar-refractivity contribution in [1.29, 1.82) is 0 Å². The van der Waals surface area contributed by atoms with Gasteiger partial charge in [-0.15, -0.1) is 11.8 Å². The fraction of sp³-hybridized carbons (Fsp3) is 0.147. The molecule has 0 aromatic heterocycles. The maximum atomic E-state index is 9.21. The number of nitrogens with zero attached hydrogens (tertiary/aromatic N) is 1. The third-order valence-electron chi connectivity index (χ3n) is 6.77. The zero-order chi connectivity index (χ0) is 26.0. The second kappa shape index (κ2) is 12.5. The summed E-state index contributed by atoms with van der Waals surface area (Å²) in [6, 6.07) is 44.5. The normalized spacial score (nSPS) is 11.7. The largest absolute Gasteiger partial charge is 0.493 e. The monoisotopic (exact) mass is 517 g/mol. The highest BCUT2D eigenvalue weighted by molar-refractivity contribution is 8.00. The topological polar surface area (TPSA) is 41.8 Å². The van der Waals surface area contributed by atoms with Crippen molar-refractivity contribution in [1.82, 2.24) is 0 Å². The van der Waals surface area contributed by atoms with E-state index in [1.165, 1.54) is 22.9 Å². The van der Waals surface area contributed by atoms with E-state index in [1.54, 1.807) is 0 Å². The van der Waals surface area contributed by atoms with E-state index in [4.69, 9.17) is 4.74 Å². The first-order chi connectivity index (χ1) is 18.8. The molecular weight excluding hydrogens is 486 g/mol. The van der Waals surface area contributed by atoms with Gasteiger partial charge in [0.05, 0.1) is 17.6 Å². The lowest BCUT2D eigenvalue weighted by Gasteiger charge is -2.35. The molecule has 0 aliphatic heterocycles. The zero-order valence-corrected chi connectivity index (χ0v) is 22.1. The van der Waals surface area contributed by atoms with Crippen molar-refractivity contribution in [3.8, 4) is 5.75 Å². The molecule has 3 nitrogen and oxygen atoms in total. The van der Waals surface area contributed by atoms with Crippen LogP contribution in [0.3, 0.4) is 0 Å². The van der Waals surface area contributed by atoms with Crippen LogP contribution in [0.2, 0.25) is 0 Å². The second-order valence-electron chi connectivity index (χ2n) is 9.13. The fourth-order valence-electron chi connectivity index (χ4n) is 4.97. The van der Waals surface area contributed by atoms with Gasteiger partial charge in [0.25, 0.3) is 0 Å². The Hall–Kier alpha value is -4.02. The van der Waals surface area contributed by atoms with E-state index in [1.807, 2.05) is 48.2 Å². The molecule has 0 bridgehead atoms. The molecule has 0 atom stereocenters. The number of fused-ring (bicyclic) bond motifs is 1. The molecule has 0 aliphatic rings. The van der Waals surface area contributed by atoms with Crippen LogP contribution in [0.25, 0.3) is 10.8 Å². The van der Waals surface area contributed by atoms with E-state index in [0.29, 0.717) is 6.61 Å². The summed E-state index contributed by atoms with van der Waals surface area (Å²) in [6.45, 7) is 0.597. The van der Waals surface area contributed by atoms with E-state index in [9.17, 15) is 5.21 Å². The molecule has 0 aliphatic carbocycles. The molecule has 4 heteroatoms. The number of thioether (sulfide) groups is 1. The standard InChI is InChI=1S/C34H31NO2S/c36-35-26-32-31-21-11-10-14-27(31)22-23-33(32)37-24-12-13-25-38-34(28-15-4-1-5-16-28,29-17-6-2-7-18-29)30-19-8-3-9-20-30/h1-11,14-23,26,36H,12-13,24-25H2. The van der Waals surface area contributed by atoms with Crippen LogP contribution in [0.15, 0.2) is 133 Å².